The number of phenolic OH excluding ortho intramolecular Hbond substituents is 1. The van der Waals surface area contributed by atoms with Crippen molar-refractivity contribution in [3.8, 4) is 5.75 Å². The van der Waals surface area contributed by atoms with E-state index in [1.165, 1.54) is 6.21 Å². The van der Waals surface area contributed by atoms with Gasteiger partial charge >= 0.3 is 0 Å². The number of hydrazone groups is 1. The molecule has 31 heavy (non-hydrogen) atoms. The van der Waals surface area contributed by atoms with Crippen LogP contribution in [0.2, 0.25) is 0 Å². The number of aromatic hydroxyl groups is 1. The van der Waals surface area contributed by atoms with Crippen molar-refractivity contribution in [1.29, 1.82) is 0 Å². The molecular formula is C22H20Br2N4O3. The molecule has 7 nitrogen and oxygen atoms in total. The molecule has 4 N–H and O–H groups in total. The number of benzene rings is 3. The van der Waals surface area contributed by atoms with Crippen molar-refractivity contribution in [1.82, 2.24) is 5.43 Å². The Morgan fingerprint density at radius 1 is 1.13 bits per heavy atom. The van der Waals surface area contributed by atoms with E-state index in [1.54, 1.807) is 11.0 Å². The molecule has 0 radical (unpaired) electrons. The second kappa shape index (κ2) is 9.93. The van der Waals surface area contributed by atoms with Gasteiger partial charge in [0.05, 0.1) is 23.8 Å². The highest BCUT2D eigenvalue weighted by molar-refractivity contribution is 9.11. The predicted molar refractivity (Wildman–Crippen MR) is 129 cm³/mol. The van der Waals surface area contributed by atoms with Crippen LogP contribution in [0.3, 0.4) is 0 Å². The quantitative estimate of drug-likeness (QED) is 0.308. The zero-order chi connectivity index (χ0) is 22.5. The number of carbonyl (C=O) groups excluding carboxylic acids is 2. The normalized spacial score (nSPS) is 11.1. The number of nitrogens with two attached hydrogens (primary N) is 1. The molecule has 0 bridgehead atoms. The first-order valence-electron chi connectivity index (χ1n) is 9.27. The molecule has 2 amide bonds. The van der Waals surface area contributed by atoms with E-state index in [0.717, 1.165) is 20.8 Å². The molecule has 3 aromatic carbocycles. The summed E-state index contributed by atoms with van der Waals surface area (Å²) < 4.78 is 1.33. The van der Waals surface area contributed by atoms with Gasteiger partial charge in [-0.05, 0) is 57.4 Å². The summed E-state index contributed by atoms with van der Waals surface area (Å²) in [5.74, 6) is -0.968. The van der Waals surface area contributed by atoms with E-state index in [-0.39, 0.29) is 18.8 Å². The first-order valence-corrected chi connectivity index (χ1v) is 10.9. The number of carbonyl (C=O) groups is 2. The lowest BCUT2D eigenvalue weighted by Crippen LogP contribution is -2.40. The molecule has 3 rings (SSSR count). The fourth-order valence-corrected chi connectivity index (χ4v) is 4.16. The maximum atomic E-state index is 12.4. The molecule has 160 valence electrons. The maximum absolute atomic E-state index is 12.4. The molecule has 0 aromatic heterocycles. The van der Waals surface area contributed by atoms with Crippen molar-refractivity contribution in [3.05, 3.63) is 68.6 Å². The van der Waals surface area contributed by atoms with Gasteiger partial charge in [-0.3, -0.25) is 9.59 Å². The average Bonchev–Trinajstić information content (AvgIpc) is 2.74. The van der Waals surface area contributed by atoms with Crippen LogP contribution in [0.4, 0.5) is 5.69 Å². The third-order valence-electron chi connectivity index (χ3n) is 4.62. The summed E-state index contributed by atoms with van der Waals surface area (Å²) in [4.78, 5) is 25.6. The Bertz CT molecular complexity index is 1180. The van der Waals surface area contributed by atoms with Crippen LogP contribution >= 0.6 is 31.9 Å². The van der Waals surface area contributed by atoms with Crippen LogP contribution in [0.15, 0.2) is 62.6 Å². The Labute approximate surface area is 196 Å². The summed E-state index contributed by atoms with van der Waals surface area (Å²) in [6.45, 7) is 1.61. The predicted octanol–water partition coefficient (Wildman–Crippen LogP) is 3.82. The van der Waals surface area contributed by atoms with Gasteiger partial charge in [0, 0.05) is 15.7 Å². The third kappa shape index (κ3) is 5.62. The Morgan fingerprint density at radius 2 is 1.84 bits per heavy atom. The van der Waals surface area contributed by atoms with Crippen LogP contribution in [0.1, 0.15) is 11.1 Å². The highest BCUT2D eigenvalue weighted by Gasteiger charge is 2.15. The number of nitrogens with zero attached hydrogens (tertiary/aromatic N) is 2. The van der Waals surface area contributed by atoms with Gasteiger partial charge in [-0.15, -0.1) is 0 Å². The SMILES string of the molecule is Cc1c(Br)cc(/C=N/NC(=O)CN(CC(N)=O)c2ccc3ccccc3c2)c(O)c1Br. The standard InChI is InChI=1S/C22H20Br2N4O3/c1-13-18(23)9-16(22(31)21(13)24)10-26-27-20(30)12-28(11-19(25)29)17-7-6-14-4-2-3-5-15(14)8-17/h2-10,31H,11-12H2,1H3,(H2,25,29)(H,27,30)/b26-10+. The molecule has 0 fully saturated rings. The monoisotopic (exact) mass is 546 g/mol. The molecule has 0 aliphatic carbocycles. The molecule has 0 unspecified atom stereocenters. The smallest absolute Gasteiger partial charge is 0.259 e. The van der Waals surface area contributed by atoms with Crippen molar-refractivity contribution in [3.63, 3.8) is 0 Å². The minimum absolute atomic E-state index is 0.0187. The summed E-state index contributed by atoms with van der Waals surface area (Å²) in [6.07, 6.45) is 1.34. The second-order valence-electron chi connectivity index (χ2n) is 6.88. The summed E-state index contributed by atoms with van der Waals surface area (Å²) in [5.41, 5.74) is 9.75. The van der Waals surface area contributed by atoms with Crippen molar-refractivity contribution in [2.24, 2.45) is 10.8 Å². The molecule has 9 heteroatoms. The molecule has 0 saturated heterocycles. The lowest BCUT2D eigenvalue weighted by atomic mass is 10.1. The highest BCUT2D eigenvalue weighted by Crippen LogP contribution is 2.35. The van der Waals surface area contributed by atoms with E-state index in [0.29, 0.717) is 15.7 Å². The van der Waals surface area contributed by atoms with Gasteiger partial charge in [-0.2, -0.15) is 5.10 Å². The van der Waals surface area contributed by atoms with Crippen LogP contribution in [-0.2, 0) is 9.59 Å². The number of phenols is 1. The van der Waals surface area contributed by atoms with Crippen LogP contribution in [0.5, 0.6) is 5.75 Å². The second-order valence-corrected chi connectivity index (χ2v) is 8.53. The molecular weight excluding hydrogens is 528 g/mol. The number of hydrogen-bond donors (Lipinski definition) is 3. The van der Waals surface area contributed by atoms with Gasteiger partial charge in [0.15, 0.2) is 0 Å². The Kier molecular flexibility index (Phi) is 7.29. The first-order chi connectivity index (χ1) is 14.8. The van der Waals surface area contributed by atoms with Gasteiger partial charge < -0.3 is 15.7 Å². The number of primary amides is 1. The molecule has 0 atom stereocenters. The minimum Gasteiger partial charge on any atom is -0.506 e. The zero-order valence-corrected chi connectivity index (χ0v) is 19.8. The number of nitrogens with one attached hydrogen (secondary N) is 1. The summed E-state index contributed by atoms with van der Waals surface area (Å²) >= 11 is 6.73. The van der Waals surface area contributed by atoms with E-state index < -0.39 is 11.8 Å². The van der Waals surface area contributed by atoms with Gasteiger partial charge in [0.2, 0.25) is 5.91 Å². The topological polar surface area (TPSA) is 108 Å². The number of hydrogen-bond acceptors (Lipinski definition) is 5. The maximum Gasteiger partial charge on any atom is 0.259 e. The zero-order valence-electron chi connectivity index (χ0n) is 16.6. The largest absolute Gasteiger partial charge is 0.506 e. The van der Waals surface area contributed by atoms with Gasteiger partial charge in [0.1, 0.15) is 5.75 Å². The highest BCUT2D eigenvalue weighted by atomic mass is 79.9. The number of anilines is 1. The van der Waals surface area contributed by atoms with Crippen LogP contribution in [-0.4, -0.2) is 36.2 Å². The van der Waals surface area contributed by atoms with Gasteiger partial charge in [-0.25, -0.2) is 5.43 Å². The Morgan fingerprint density at radius 3 is 2.55 bits per heavy atom. The summed E-state index contributed by atoms with van der Waals surface area (Å²) in [7, 11) is 0. The minimum atomic E-state index is -0.552. The number of halogens is 2. The van der Waals surface area contributed by atoms with Crippen LogP contribution in [0.25, 0.3) is 10.8 Å². The van der Waals surface area contributed by atoms with Gasteiger partial charge in [0.25, 0.3) is 5.91 Å². The number of rotatable bonds is 7. The van der Waals surface area contributed by atoms with Crippen LogP contribution < -0.4 is 16.1 Å². The summed E-state index contributed by atoms with van der Waals surface area (Å²) in [6, 6.07) is 15.1. The van der Waals surface area contributed by atoms with Crippen LogP contribution in [0, 0.1) is 6.92 Å². The molecule has 0 saturated carbocycles. The molecule has 0 spiro atoms. The Hall–Kier alpha value is -2.91. The molecule has 0 aliphatic heterocycles. The summed E-state index contributed by atoms with van der Waals surface area (Å²) in [5, 5.41) is 16.2. The van der Waals surface area contributed by atoms with E-state index in [4.69, 9.17) is 5.73 Å². The lowest BCUT2D eigenvalue weighted by molar-refractivity contribution is -0.119. The number of fused-ring (bicyclic) bond motifs is 1. The van der Waals surface area contributed by atoms with E-state index in [9.17, 15) is 14.7 Å². The molecule has 0 aliphatic rings. The third-order valence-corrected chi connectivity index (χ3v) is 6.42. The fraction of sp³-hybridized carbons (Fsp3) is 0.136. The molecule has 3 aromatic rings. The average molecular weight is 548 g/mol. The van der Waals surface area contributed by atoms with Crippen molar-refractivity contribution in [2.45, 2.75) is 6.92 Å². The number of amides is 2. The molecule has 0 heterocycles. The fourth-order valence-electron chi connectivity index (χ4n) is 3.00. The van der Waals surface area contributed by atoms with Crippen molar-refractivity contribution in [2.75, 3.05) is 18.0 Å². The van der Waals surface area contributed by atoms with E-state index in [2.05, 4.69) is 42.4 Å². The Balaban J connectivity index is 1.74. The van der Waals surface area contributed by atoms with Crippen molar-refractivity contribution >= 4 is 66.3 Å². The lowest BCUT2D eigenvalue weighted by Gasteiger charge is -2.22. The van der Waals surface area contributed by atoms with E-state index in [1.807, 2.05) is 49.4 Å². The van der Waals surface area contributed by atoms with E-state index >= 15 is 0 Å². The van der Waals surface area contributed by atoms with Gasteiger partial charge in [-0.1, -0.05) is 46.3 Å². The van der Waals surface area contributed by atoms with Crippen molar-refractivity contribution < 1.29 is 14.7 Å². The first kappa shape index (κ1) is 22.8.